The van der Waals surface area contributed by atoms with E-state index in [0.717, 1.165) is 16.7 Å². The third kappa shape index (κ3) is 6.22. The molecule has 1 aliphatic rings. The van der Waals surface area contributed by atoms with Gasteiger partial charge in [0, 0.05) is 17.7 Å². The maximum atomic E-state index is 12.9. The van der Waals surface area contributed by atoms with Crippen LogP contribution in [-0.2, 0) is 11.4 Å². The molecule has 1 fully saturated rings. The van der Waals surface area contributed by atoms with Crippen LogP contribution in [0.15, 0.2) is 77.7 Å². The normalized spacial score (nSPS) is 14.2. The third-order valence-corrected chi connectivity index (χ3v) is 6.26. The number of imide groups is 1. The molecule has 4 rings (SSSR count). The van der Waals surface area contributed by atoms with Crippen molar-refractivity contribution in [1.29, 1.82) is 0 Å². The Labute approximate surface area is 216 Å². The number of non-ortho nitro benzene ring substituents is 1. The molecule has 0 radical (unpaired) electrons. The van der Waals surface area contributed by atoms with Gasteiger partial charge in [-0.25, -0.2) is 0 Å². The van der Waals surface area contributed by atoms with E-state index in [0.29, 0.717) is 34.8 Å². The molecular weight excluding hydrogens is 496 g/mol. The van der Waals surface area contributed by atoms with Crippen LogP contribution in [0, 0.1) is 10.1 Å². The van der Waals surface area contributed by atoms with Gasteiger partial charge < -0.3 is 9.47 Å². The summed E-state index contributed by atoms with van der Waals surface area (Å²) < 4.78 is 11.5. The number of rotatable bonds is 10. The Hall–Kier alpha value is -4.44. The standard InChI is InChI=1S/C27H22N2O7S/c1-2-35-24-14-18(11-12-23(24)36-17-19-7-6-10-21(13-19)29(33)34)15-25-26(31)28(27(32)37-25)16-22(30)20-8-4-3-5-9-20/h3-15H,2,16-17H2,1H3/b25-15+. The van der Waals surface area contributed by atoms with Crippen molar-refractivity contribution >= 4 is 40.5 Å². The minimum Gasteiger partial charge on any atom is -0.490 e. The van der Waals surface area contributed by atoms with Crippen molar-refractivity contribution in [3.05, 3.63) is 105 Å². The number of nitro benzene ring substituents is 1. The first-order valence-electron chi connectivity index (χ1n) is 11.3. The summed E-state index contributed by atoms with van der Waals surface area (Å²) in [6, 6.07) is 19.7. The lowest BCUT2D eigenvalue weighted by Crippen LogP contribution is -2.33. The van der Waals surface area contributed by atoms with E-state index in [-0.39, 0.29) is 29.5 Å². The Morgan fingerprint density at radius 1 is 1.00 bits per heavy atom. The predicted molar refractivity (Wildman–Crippen MR) is 138 cm³/mol. The number of amides is 2. The molecule has 0 bridgehead atoms. The molecule has 0 atom stereocenters. The van der Waals surface area contributed by atoms with E-state index in [2.05, 4.69) is 0 Å². The molecular formula is C27H22N2O7S. The summed E-state index contributed by atoms with van der Waals surface area (Å²) in [6.45, 7) is 1.93. The van der Waals surface area contributed by atoms with Gasteiger partial charge in [0.1, 0.15) is 6.61 Å². The Kier molecular flexibility index (Phi) is 7.99. The van der Waals surface area contributed by atoms with E-state index in [4.69, 9.17) is 9.47 Å². The van der Waals surface area contributed by atoms with Crippen LogP contribution in [0.1, 0.15) is 28.4 Å². The van der Waals surface area contributed by atoms with Crippen molar-refractivity contribution in [3.8, 4) is 11.5 Å². The minimum absolute atomic E-state index is 0.0269. The van der Waals surface area contributed by atoms with Gasteiger partial charge in [-0.15, -0.1) is 0 Å². The Morgan fingerprint density at radius 2 is 1.78 bits per heavy atom. The second-order valence-corrected chi connectivity index (χ2v) is 8.91. The molecule has 0 spiro atoms. The highest BCUT2D eigenvalue weighted by Gasteiger charge is 2.36. The average Bonchev–Trinajstić information content (AvgIpc) is 3.16. The first-order chi connectivity index (χ1) is 17.9. The van der Waals surface area contributed by atoms with Gasteiger partial charge in [0.25, 0.3) is 16.8 Å². The highest BCUT2D eigenvalue weighted by atomic mass is 32.2. The van der Waals surface area contributed by atoms with Gasteiger partial charge in [-0.2, -0.15) is 0 Å². The number of nitrogens with zero attached hydrogens (tertiary/aromatic N) is 2. The molecule has 188 valence electrons. The third-order valence-electron chi connectivity index (χ3n) is 5.35. The van der Waals surface area contributed by atoms with Crippen molar-refractivity contribution in [3.63, 3.8) is 0 Å². The molecule has 1 heterocycles. The molecule has 9 nitrogen and oxygen atoms in total. The van der Waals surface area contributed by atoms with E-state index >= 15 is 0 Å². The Balaban J connectivity index is 1.48. The minimum atomic E-state index is -0.539. The van der Waals surface area contributed by atoms with Crippen LogP contribution in [0.25, 0.3) is 6.08 Å². The van der Waals surface area contributed by atoms with Crippen LogP contribution in [0.3, 0.4) is 0 Å². The van der Waals surface area contributed by atoms with Gasteiger partial charge in [-0.3, -0.25) is 29.4 Å². The fraction of sp³-hybridized carbons (Fsp3) is 0.148. The molecule has 10 heteroatoms. The number of ether oxygens (including phenoxy) is 2. The summed E-state index contributed by atoms with van der Waals surface area (Å²) in [5, 5.41) is 10.5. The van der Waals surface area contributed by atoms with Gasteiger partial charge in [0.15, 0.2) is 17.3 Å². The van der Waals surface area contributed by atoms with Crippen LogP contribution >= 0.6 is 11.8 Å². The molecule has 0 aliphatic carbocycles. The van der Waals surface area contributed by atoms with Crippen molar-refractivity contribution in [2.24, 2.45) is 0 Å². The van der Waals surface area contributed by atoms with Crippen molar-refractivity contribution in [2.45, 2.75) is 13.5 Å². The van der Waals surface area contributed by atoms with Crippen molar-refractivity contribution < 1.29 is 28.8 Å². The number of carbonyl (C=O) groups excluding carboxylic acids is 3. The fourth-order valence-electron chi connectivity index (χ4n) is 3.57. The maximum absolute atomic E-state index is 12.9. The molecule has 0 N–H and O–H groups in total. The highest BCUT2D eigenvalue weighted by molar-refractivity contribution is 8.18. The van der Waals surface area contributed by atoms with Crippen LogP contribution in [-0.4, -0.2) is 39.9 Å². The first kappa shape index (κ1) is 25.6. The smallest absolute Gasteiger partial charge is 0.293 e. The number of Topliss-reactive ketones (excluding diaryl/α,β-unsaturated/α-hetero) is 1. The zero-order chi connectivity index (χ0) is 26.4. The van der Waals surface area contributed by atoms with E-state index in [1.165, 1.54) is 12.1 Å². The summed E-state index contributed by atoms with van der Waals surface area (Å²) in [4.78, 5) is 49.5. The summed E-state index contributed by atoms with van der Waals surface area (Å²) in [5.41, 5.74) is 1.62. The largest absolute Gasteiger partial charge is 0.490 e. The van der Waals surface area contributed by atoms with E-state index in [1.54, 1.807) is 66.7 Å². The van der Waals surface area contributed by atoms with Crippen molar-refractivity contribution in [1.82, 2.24) is 4.90 Å². The van der Waals surface area contributed by atoms with E-state index in [1.807, 2.05) is 6.92 Å². The number of thioether (sulfide) groups is 1. The number of benzene rings is 3. The topological polar surface area (TPSA) is 116 Å². The number of nitro groups is 1. The molecule has 0 unspecified atom stereocenters. The van der Waals surface area contributed by atoms with Gasteiger partial charge in [0.05, 0.1) is 23.0 Å². The summed E-state index contributed by atoms with van der Waals surface area (Å²) in [6.07, 6.45) is 1.56. The van der Waals surface area contributed by atoms with Crippen LogP contribution in [0.2, 0.25) is 0 Å². The lowest BCUT2D eigenvalue weighted by atomic mass is 10.1. The quantitative estimate of drug-likeness (QED) is 0.150. The van der Waals surface area contributed by atoms with Crippen LogP contribution < -0.4 is 9.47 Å². The molecule has 0 aromatic heterocycles. The molecule has 37 heavy (non-hydrogen) atoms. The van der Waals surface area contributed by atoms with Crippen LogP contribution in [0.4, 0.5) is 10.5 Å². The van der Waals surface area contributed by atoms with E-state index < -0.39 is 16.1 Å². The zero-order valence-corrected chi connectivity index (χ0v) is 20.6. The molecule has 0 saturated carbocycles. The maximum Gasteiger partial charge on any atom is 0.293 e. The molecule has 1 aliphatic heterocycles. The van der Waals surface area contributed by atoms with Gasteiger partial charge >= 0.3 is 0 Å². The van der Waals surface area contributed by atoms with Gasteiger partial charge in [0.2, 0.25) is 0 Å². The number of ketones is 1. The predicted octanol–water partition coefficient (Wildman–Crippen LogP) is 5.49. The van der Waals surface area contributed by atoms with Gasteiger partial charge in [-0.05, 0) is 48.0 Å². The molecule has 2 amide bonds. The lowest BCUT2D eigenvalue weighted by Gasteiger charge is -2.13. The van der Waals surface area contributed by atoms with E-state index in [9.17, 15) is 24.5 Å². The molecule has 3 aromatic carbocycles. The molecule has 3 aromatic rings. The second kappa shape index (κ2) is 11.5. The van der Waals surface area contributed by atoms with Gasteiger partial charge in [-0.1, -0.05) is 48.5 Å². The first-order valence-corrected chi connectivity index (χ1v) is 12.1. The monoisotopic (exact) mass is 518 g/mol. The average molecular weight is 519 g/mol. The second-order valence-electron chi connectivity index (χ2n) is 7.91. The fourth-order valence-corrected chi connectivity index (χ4v) is 4.41. The highest BCUT2D eigenvalue weighted by Crippen LogP contribution is 2.35. The number of hydrogen-bond acceptors (Lipinski definition) is 8. The summed E-state index contributed by atoms with van der Waals surface area (Å²) in [7, 11) is 0. The van der Waals surface area contributed by atoms with Crippen LogP contribution in [0.5, 0.6) is 11.5 Å². The Morgan fingerprint density at radius 3 is 2.51 bits per heavy atom. The SMILES string of the molecule is CCOc1cc(/C=C2/SC(=O)N(CC(=O)c3ccccc3)C2=O)ccc1OCc1cccc([N+](=O)[O-])c1. The summed E-state index contributed by atoms with van der Waals surface area (Å²) >= 11 is 0.768. The number of carbonyl (C=O) groups is 3. The molecule has 1 saturated heterocycles. The Bertz CT molecular complexity index is 1390. The number of hydrogen-bond donors (Lipinski definition) is 0. The summed E-state index contributed by atoms with van der Waals surface area (Å²) in [5.74, 6) is -0.0245. The van der Waals surface area contributed by atoms with Crippen molar-refractivity contribution in [2.75, 3.05) is 13.2 Å². The zero-order valence-electron chi connectivity index (χ0n) is 19.8. The lowest BCUT2D eigenvalue weighted by molar-refractivity contribution is -0.384.